The van der Waals surface area contributed by atoms with Gasteiger partial charge >= 0.3 is 0 Å². The van der Waals surface area contributed by atoms with Gasteiger partial charge in [0.05, 0.1) is 27.5 Å². The Labute approximate surface area is 169 Å². The summed E-state index contributed by atoms with van der Waals surface area (Å²) in [7, 11) is 0. The van der Waals surface area contributed by atoms with Crippen LogP contribution < -0.4 is 5.43 Å². The molecule has 4 nitrogen and oxygen atoms in total. The van der Waals surface area contributed by atoms with Crippen LogP contribution in [-0.4, -0.2) is 16.7 Å². The summed E-state index contributed by atoms with van der Waals surface area (Å²) in [5, 5.41) is 1.12. The molecule has 1 amide bonds. The summed E-state index contributed by atoms with van der Waals surface area (Å²) in [5.41, 5.74) is 1.48. The van der Waals surface area contributed by atoms with Gasteiger partial charge in [-0.15, -0.1) is 0 Å². The number of fused-ring (bicyclic) bond motifs is 1. The van der Waals surface area contributed by atoms with Crippen molar-refractivity contribution >= 4 is 46.9 Å². The predicted molar refractivity (Wildman–Crippen MR) is 108 cm³/mol. The van der Waals surface area contributed by atoms with E-state index in [0.717, 1.165) is 0 Å². The molecule has 0 saturated heterocycles. The number of halogens is 3. The van der Waals surface area contributed by atoms with E-state index in [1.165, 1.54) is 12.3 Å². The summed E-state index contributed by atoms with van der Waals surface area (Å²) < 4.78 is 1.67. The van der Waals surface area contributed by atoms with E-state index in [1.807, 2.05) is 0 Å². The second kappa shape index (κ2) is 6.97. The van der Waals surface area contributed by atoms with Gasteiger partial charge in [-0.05, 0) is 18.2 Å². The largest absolute Gasteiger partial charge is 0.329 e. The lowest BCUT2D eigenvalue weighted by molar-refractivity contribution is -0.120. The fourth-order valence-electron chi connectivity index (χ4n) is 3.21. The second-order valence-corrected chi connectivity index (χ2v) is 7.19. The molecule has 0 bridgehead atoms. The number of hydrogen-bond acceptors (Lipinski definition) is 2. The molecular formula is C20H11Cl3N2O2. The number of carbonyl (C=O) groups excluding carboxylic acids is 1. The van der Waals surface area contributed by atoms with Crippen molar-refractivity contribution in [3.05, 3.63) is 91.3 Å². The lowest BCUT2D eigenvalue weighted by Crippen LogP contribution is -2.29. The van der Waals surface area contributed by atoms with Gasteiger partial charge in [0.15, 0.2) is 5.43 Å². The van der Waals surface area contributed by atoms with Crippen molar-refractivity contribution in [1.29, 1.82) is 0 Å². The highest BCUT2D eigenvalue weighted by Gasteiger charge is 2.30. The number of amides is 1. The molecule has 1 atom stereocenters. The van der Waals surface area contributed by atoms with Crippen LogP contribution in [0.4, 0.5) is 0 Å². The van der Waals surface area contributed by atoms with Crippen molar-refractivity contribution < 1.29 is 4.79 Å². The summed E-state index contributed by atoms with van der Waals surface area (Å²) in [6.07, 6.45) is 2.93. The highest BCUT2D eigenvalue weighted by molar-refractivity contribution is 6.39. The van der Waals surface area contributed by atoms with Crippen molar-refractivity contribution in [2.45, 2.75) is 6.04 Å². The zero-order chi connectivity index (χ0) is 19.1. The fourth-order valence-corrected chi connectivity index (χ4v) is 4.03. The van der Waals surface area contributed by atoms with Crippen molar-refractivity contribution in [2.75, 3.05) is 0 Å². The van der Waals surface area contributed by atoms with Gasteiger partial charge in [-0.3, -0.25) is 9.59 Å². The highest BCUT2D eigenvalue weighted by Crippen LogP contribution is 2.37. The maximum atomic E-state index is 12.7. The lowest BCUT2D eigenvalue weighted by Gasteiger charge is -2.26. The van der Waals surface area contributed by atoms with Crippen LogP contribution in [0.25, 0.3) is 11.1 Å². The van der Waals surface area contributed by atoms with Gasteiger partial charge in [0, 0.05) is 28.4 Å². The van der Waals surface area contributed by atoms with Crippen LogP contribution in [0.2, 0.25) is 15.1 Å². The molecule has 1 aromatic heterocycles. The third-order valence-electron chi connectivity index (χ3n) is 4.41. The number of aromatic nitrogens is 1. The molecule has 3 aromatic rings. The number of aliphatic imine (C=N–C) groups is 1. The molecule has 7 heteroatoms. The molecule has 134 valence electrons. The minimum absolute atomic E-state index is 0.269. The smallest absolute Gasteiger partial charge is 0.273 e. The lowest BCUT2D eigenvalue weighted by atomic mass is 9.99. The van der Waals surface area contributed by atoms with Gasteiger partial charge < -0.3 is 4.57 Å². The Hall–Kier alpha value is -2.40. The number of hydrogen-bond donors (Lipinski definition) is 0. The zero-order valence-corrected chi connectivity index (χ0v) is 16.0. The molecule has 27 heavy (non-hydrogen) atoms. The summed E-state index contributed by atoms with van der Waals surface area (Å²) in [6.45, 7) is 0. The quantitative estimate of drug-likeness (QED) is 0.587. The van der Waals surface area contributed by atoms with E-state index in [9.17, 15) is 9.59 Å². The first-order valence-corrected chi connectivity index (χ1v) is 9.14. The summed E-state index contributed by atoms with van der Waals surface area (Å²) in [4.78, 5) is 29.2. The van der Waals surface area contributed by atoms with Gasteiger partial charge in [-0.1, -0.05) is 59.1 Å². The van der Waals surface area contributed by atoms with Gasteiger partial charge in [-0.25, -0.2) is 4.99 Å². The second-order valence-electron chi connectivity index (χ2n) is 5.96. The Balaban J connectivity index is 2.03. The molecule has 0 radical (unpaired) electrons. The first-order chi connectivity index (χ1) is 13.0. The molecule has 2 heterocycles. The van der Waals surface area contributed by atoms with Crippen molar-refractivity contribution in [2.24, 2.45) is 4.99 Å². The molecule has 0 N–H and O–H groups in total. The first kappa shape index (κ1) is 18.0. The molecule has 1 aliphatic heterocycles. The van der Waals surface area contributed by atoms with Gasteiger partial charge in [0.1, 0.15) is 6.04 Å². The van der Waals surface area contributed by atoms with E-state index in [2.05, 4.69) is 4.99 Å². The van der Waals surface area contributed by atoms with Crippen molar-refractivity contribution in [3.8, 4) is 11.1 Å². The van der Waals surface area contributed by atoms with Crippen LogP contribution in [0.5, 0.6) is 0 Å². The van der Waals surface area contributed by atoms with Crippen molar-refractivity contribution in [3.63, 3.8) is 0 Å². The van der Waals surface area contributed by atoms with Crippen molar-refractivity contribution in [1.82, 2.24) is 4.57 Å². The number of nitrogens with zero attached hydrogens (tertiary/aromatic N) is 2. The number of pyridine rings is 1. The summed E-state index contributed by atoms with van der Waals surface area (Å²) >= 11 is 18.9. The monoisotopic (exact) mass is 416 g/mol. The zero-order valence-electron chi connectivity index (χ0n) is 13.7. The third kappa shape index (κ3) is 3.00. The van der Waals surface area contributed by atoms with E-state index in [0.29, 0.717) is 37.5 Å². The summed E-state index contributed by atoms with van der Waals surface area (Å²) in [6, 6.07) is 12.7. The maximum absolute atomic E-state index is 12.7. The van der Waals surface area contributed by atoms with Gasteiger partial charge in [0.25, 0.3) is 5.91 Å². The Kier molecular flexibility index (Phi) is 4.64. The topological polar surface area (TPSA) is 51.4 Å². The molecule has 0 aliphatic carbocycles. The first-order valence-electron chi connectivity index (χ1n) is 8.01. The predicted octanol–water partition coefficient (Wildman–Crippen LogP) is 5.02. The number of carbonyl (C=O) groups is 1. The molecule has 1 unspecified atom stereocenters. The maximum Gasteiger partial charge on any atom is 0.273 e. The Morgan fingerprint density at radius 3 is 2.19 bits per heavy atom. The Morgan fingerprint density at radius 1 is 0.815 bits per heavy atom. The van der Waals surface area contributed by atoms with E-state index in [-0.39, 0.29) is 11.3 Å². The molecule has 2 aromatic carbocycles. The average molecular weight is 418 g/mol. The summed E-state index contributed by atoms with van der Waals surface area (Å²) in [5.74, 6) is -0.379. The van der Waals surface area contributed by atoms with E-state index < -0.39 is 6.04 Å². The van der Waals surface area contributed by atoms with Crippen LogP contribution in [0.3, 0.4) is 0 Å². The standard InChI is InChI=1S/C20H11Cl3N2O2/c21-12-5-2-1-4-11(12)19-20(27)24-10-15-18(16(26)8-9-25(15)19)17-13(22)6-3-7-14(17)23/h1-10,19H. The molecule has 1 aliphatic rings. The molecular weight excluding hydrogens is 407 g/mol. The van der Waals surface area contributed by atoms with Crippen LogP contribution in [0.1, 0.15) is 17.3 Å². The minimum Gasteiger partial charge on any atom is -0.329 e. The Morgan fingerprint density at radius 2 is 1.48 bits per heavy atom. The minimum atomic E-state index is -0.778. The van der Waals surface area contributed by atoms with Gasteiger partial charge in [0.2, 0.25) is 0 Å². The highest BCUT2D eigenvalue weighted by atomic mass is 35.5. The molecule has 4 rings (SSSR count). The van der Waals surface area contributed by atoms with E-state index >= 15 is 0 Å². The normalized spacial score (nSPS) is 15.7. The van der Waals surface area contributed by atoms with E-state index in [4.69, 9.17) is 34.8 Å². The molecule has 0 saturated carbocycles. The fraction of sp³-hybridized carbons (Fsp3) is 0.0500. The van der Waals surface area contributed by atoms with E-state index in [1.54, 1.807) is 53.2 Å². The third-order valence-corrected chi connectivity index (χ3v) is 5.38. The van der Waals surface area contributed by atoms with Crippen LogP contribution >= 0.6 is 34.8 Å². The van der Waals surface area contributed by atoms with Crippen LogP contribution in [0.15, 0.2) is 64.5 Å². The van der Waals surface area contributed by atoms with Gasteiger partial charge in [-0.2, -0.15) is 0 Å². The number of rotatable bonds is 2. The Bertz CT molecular complexity index is 1150. The molecule has 0 fully saturated rings. The van der Waals surface area contributed by atoms with Crippen LogP contribution in [-0.2, 0) is 4.79 Å². The number of benzene rings is 2. The average Bonchev–Trinajstić information content (AvgIpc) is 2.64. The molecule has 0 spiro atoms. The SMILES string of the molecule is O=C1N=Cc2c(-c3c(Cl)cccc3Cl)c(=O)ccn2C1c1ccccc1Cl. The van der Waals surface area contributed by atoms with Crippen LogP contribution in [0, 0.1) is 0 Å².